The molecule has 1 aromatic heterocycles. The molecule has 0 saturated heterocycles. The Bertz CT molecular complexity index is 583. The zero-order chi connectivity index (χ0) is 18.4. The number of furan rings is 1. The smallest absolute Gasteiger partial charge is 0.317 e. The maximum atomic E-state index is 12.2. The highest BCUT2D eigenvalue weighted by molar-refractivity contribution is 5.75. The summed E-state index contributed by atoms with van der Waals surface area (Å²) in [7, 11) is 1.57. The van der Waals surface area contributed by atoms with Crippen molar-refractivity contribution in [3.63, 3.8) is 0 Å². The van der Waals surface area contributed by atoms with Crippen molar-refractivity contribution in [2.24, 2.45) is 0 Å². The molecule has 3 N–H and O–H groups in total. The number of methoxy groups -OCH3 is 1. The van der Waals surface area contributed by atoms with E-state index >= 15 is 0 Å². The van der Waals surface area contributed by atoms with Crippen molar-refractivity contribution in [1.82, 2.24) is 15.5 Å². The number of hydrogen-bond donors (Lipinski definition) is 3. The van der Waals surface area contributed by atoms with E-state index in [9.17, 15) is 9.59 Å². The zero-order valence-electron chi connectivity index (χ0n) is 14.9. The summed E-state index contributed by atoms with van der Waals surface area (Å²) >= 11 is 0. The van der Waals surface area contributed by atoms with Gasteiger partial charge < -0.3 is 24.9 Å². The van der Waals surface area contributed by atoms with E-state index in [-0.39, 0.29) is 30.7 Å². The van der Waals surface area contributed by atoms with Gasteiger partial charge in [-0.2, -0.15) is 0 Å². The average molecular weight is 353 g/mol. The molecule has 1 aliphatic carbocycles. The molecule has 2 rings (SSSR count). The van der Waals surface area contributed by atoms with Crippen molar-refractivity contribution in [3.8, 4) is 0 Å². The number of rotatable bonds is 9. The molecule has 0 bridgehead atoms. The number of likely N-dealkylation sites (N-methyl/N-ethyl adjacent to an activating group) is 1. The maximum Gasteiger partial charge on any atom is 0.317 e. The Morgan fingerprint density at radius 2 is 2.16 bits per heavy atom. The molecule has 25 heavy (non-hydrogen) atoms. The van der Waals surface area contributed by atoms with E-state index in [1.54, 1.807) is 7.11 Å². The van der Waals surface area contributed by atoms with Crippen molar-refractivity contribution >= 4 is 12.0 Å². The molecule has 1 saturated carbocycles. The topological polar surface area (TPSA) is 104 Å². The molecule has 8 nitrogen and oxygen atoms in total. The standard InChI is InChI=1S/C17H27N3O5/c1-4-20(9-16(21)22)13-7-12(8-13)18-17(23)19-14(10-24-3)15-6-5-11(2)25-15/h5-6,12-14H,4,7-10H2,1-3H3,(H,21,22)(H2,18,19,23). The number of aryl methyl sites for hydroxylation is 1. The summed E-state index contributed by atoms with van der Waals surface area (Å²) in [5.41, 5.74) is 0. The van der Waals surface area contributed by atoms with Gasteiger partial charge in [0.15, 0.2) is 0 Å². The van der Waals surface area contributed by atoms with Gasteiger partial charge in [-0.15, -0.1) is 0 Å². The molecule has 8 heteroatoms. The van der Waals surface area contributed by atoms with E-state index in [4.69, 9.17) is 14.3 Å². The fraction of sp³-hybridized carbons (Fsp3) is 0.647. The maximum absolute atomic E-state index is 12.2. The van der Waals surface area contributed by atoms with E-state index in [2.05, 4.69) is 10.6 Å². The van der Waals surface area contributed by atoms with Crippen LogP contribution >= 0.6 is 0 Å². The second kappa shape index (κ2) is 8.87. The number of nitrogens with one attached hydrogen (secondary N) is 2. The van der Waals surface area contributed by atoms with Crippen LogP contribution in [0.2, 0.25) is 0 Å². The van der Waals surface area contributed by atoms with Crippen molar-refractivity contribution in [3.05, 3.63) is 23.7 Å². The second-order valence-electron chi connectivity index (χ2n) is 6.35. The summed E-state index contributed by atoms with van der Waals surface area (Å²) in [6.45, 7) is 4.82. The molecule has 1 aliphatic rings. The highest BCUT2D eigenvalue weighted by Gasteiger charge is 2.35. The van der Waals surface area contributed by atoms with Crippen LogP contribution < -0.4 is 10.6 Å². The molecule has 1 heterocycles. The third-order valence-corrected chi connectivity index (χ3v) is 4.45. The first-order valence-corrected chi connectivity index (χ1v) is 8.51. The Hall–Kier alpha value is -2.06. The fourth-order valence-corrected chi connectivity index (χ4v) is 3.06. The third kappa shape index (κ3) is 5.47. The van der Waals surface area contributed by atoms with Gasteiger partial charge in [-0.25, -0.2) is 4.79 Å². The van der Waals surface area contributed by atoms with E-state index < -0.39 is 5.97 Å². The number of carbonyl (C=O) groups is 2. The number of aliphatic carboxylic acids is 1. The van der Waals surface area contributed by atoms with Crippen molar-refractivity contribution in [2.45, 2.75) is 44.8 Å². The average Bonchev–Trinajstić information content (AvgIpc) is 2.94. The van der Waals surface area contributed by atoms with Crippen LogP contribution in [0, 0.1) is 6.92 Å². The second-order valence-corrected chi connectivity index (χ2v) is 6.35. The Labute approximate surface area is 147 Å². The van der Waals surface area contributed by atoms with Gasteiger partial charge in [0.05, 0.1) is 13.2 Å². The number of carbonyl (C=O) groups excluding carboxylic acids is 1. The predicted octanol–water partition coefficient (Wildman–Crippen LogP) is 1.51. The molecule has 1 unspecified atom stereocenters. The van der Waals surface area contributed by atoms with E-state index in [0.29, 0.717) is 18.9 Å². The summed E-state index contributed by atoms with van der Waals surface area (Å²) < 4.78 is 10.7. The Kier molecular flexibility index (Phi) is 6.83. The monoisotopic (exact) mass is 353 g/mol. The quantitative estimate of drug-likeness (QED) is 0.622. The SMILES string of the molecule is CCN(CC(=O)O)C1CC(NC(=O)NC(COC)c2ccc(C)o2)C1. The molecular weight excluding hydrogens is 326 g/mol. The fourth-order valence-electron chi connectivity index (χ4n) is 3.06. The molecule has 0 spiro atoms. The van der Waals surface area contributed by atoms with Crippen LogP contribution in [0.3, 0.4) is 0 Å². The zero-order valence-corrected chi connectivity index (χ0v) is 14.9. The Balaban J connectivity index is 1.79. The third-order valence-electron chi connectivity index (χ3n) is 4.45. The summed E-state index contributed by atoms with van der Waals surface area (Å²) in [6, 6.07) is 3.29. The minimum atomic E-state index is -0.827. The first kappa shape index (κ1) is 19.3. The van der Waals surface area contributed by atoms with Crippen LogP contribution in [0.5, 0.6) is 0 Å². The summed E-state index contributed by atoms with van der Waals surface area (Å²) in [6.07, 6.45) is 1.51. The minimum absolute atomic E-state index is 0.0356. The lowest BCUT2D eigenvalue weighted by Crippen LogP contribution is -2.56. The molecule has 140 valence electrons. The summed E-state index contributed by atoms with van der Waals surface area (Å²) in [4.78, 5) is 25.0. The molecule has 1 fully saturated rings. The number of nitrogens with zero attached hydrogens (tertiary/aromatic N) is 1. The lowest BCUT2D eigenvalue weighted by atomic mass is 9.85. The van der Waals surface area contributed by atoms with Crippen LogP contribution in [-0.2, 0) is 9.53 Å². The van der Waals surface area contributed by atoms with Crippen molar-refractivity contribution in [2.75, 3.05) is 26.8 Å². The van der Waals surface area contributed by atoms with Crippen molar-refractivity contribution in [1.29, 1.82) is 0 Å². The van der Waals surface area contributed by atoms with Crippen LogP contribution in [0.15, 0.2) is 16.5 Å². The van der Waals surface area contributed by atoms with Gasteiger partial charge in [-0.1, -0.05) is 6.92 Å². The van der Waals surface area contributed by atoms with E-state index in [0.717, 1.165) is 18.6 Å². The van der Waals surface area contributed by atoms with Gasteiger partial charge in [0, 0.05) is 19.2 Å². The molecular formula is C17H27N3O5. The summed E-state index contributed by atoms with van der Waals surface area (Å²) in [5.74, 6) is 0.602. The lowest BCUT2D eigenvalue weighted by Gasteiger charge is -2.42. The van der Waals surface area contributed by atoms with Crippen LogP contribution in [0.1, 0.15) is 37.3 Å². The molecule has 1 atom stereocenters. The molecule has 0 radical (unpaired) electrons. The highest BCUT2D eigenvalue weighted by atomic mass is 16.5. The van der Waals surface area contributed by atoms with Crippen molar-refractivity contribution < 1.29 is 23.8 Å². The highest BCUT2D eigenvalue weighted by Crippen LogP contribution is 2.25. The van der Waals surface area contributed by atoms with Gasteiger partial charge in [-0.3, -0.25) is 9.69 Å². The number of amides is 2. The number of urea groups is 1. The first-order valence-electron chi connectivity index (χ1n) is 8.51. The normalized spacial score (nSPS) is 20.8. The van der Waals surface area contributed by atoms with Crippen LogP contribution in [0.4, 0.5) is 4.79 Å². The molecule has 2 amide bonds. The van der Waals surface area contributed by atoms with Crippen LogP contribution in [0.25, 0.3) is 0 Å². The van der Waals surface area contributed by atoms with E-state index in [1.807, 2.05) is 30.9 Å². The molecule has 0 aromatic carbocycles. The van der Waals surface area contributed by atoms with Gasteiger partial charge in [-0.05, 0) is 38.4 Å². The number of carboxylic acids is 1. The molecule has 0 aliphatic heterocycles. The number of carboxylic acid groups (broad SMARTS) is 1. The molecule has 1 aromatic rings. The lowest BCUT2D eigenvalue weighted by molar-refractivity contribution is -0.139. The van der Waals surface area contributed by atoms with Gasteiger partial charge in [0.25, 0.3) is 0 Å². The van der Waals surface area contributed by atoms with Gasteiger partial charge in [0.1, 0.15) is 17.6 Å². The summed E-state index contributed by atoms with van der Waals surface area (Å²) in [5, 5.41) is 14.7. The predicted molar refractivity (Wildman–Crippen MR) is 91.4 cm³/mol. The number of ether oxygens (including phenoxy) is 1. The Morgan fingerprint density at radius 3 is 2.68 bits per heavy atom. The Morgan fingerprint density at radius 1 is 1.44 bits per heavy atom. The van der Waals surface area contributed by atoms with Gasteiger partial charge >= 0.3 is 12.0 Å². The van der Waals surface area contributed by atoms with Crippen LogP contribution in [-0.4, -0.2) is 60.9 Å². The van der Waals surface area contributed by atoms with Gasteiger partial charge in [0.2, 0.25) is 0 Å². The number of hydrogen-bond acceptors (Lipinski definition) is 5. The van der Waals surface area contributed by atoms with E-state index in [1.165, 1.54) is 0 Å². The minimum Gasteiger partial charge on any atom is -0.480 e. The largest absolute Gasteiger partial charge is 0.480 e. The first-order chi connectivity index (χ1) is 11.9.